The Bertz CT molecular complexity index is 525. The van der Waals surface area contributed by atoms with E-state index in [4.69, 9.17) is 20.8 Å². The zero-order valence-electron chi connectivity index (χ0n) is 15.1. The minimum absolute atomic E-state index is 0.0115. The molecular formula is C16H27ClINO4Si. The van der Waals surface area contributed by atoms with Gasteiger partial charge in [-0.25, -0.2) is 0 Å². The summed E-state index contributed by atoms with van der Waals surface area (Å²) in [5.41, 5.74) is 0. The van der Waals surface area contributed by atoms with Gasteiger partial charge < -0.3 is 14.1 Å². The Morgan fingerprint density at radius 1 is 1.38 bits per heavy atom. The van der Waals surface area contributed by atoms with Crippen molar-refractivity contribution in [2.24, 2.45) is 5.92 Å². The molecule has 0 aromatic carbocycles. The number of esters is 1. The summed E-state index contributed by atoms with van der Waals surface area (Å²) < 4.78 is 11.3. The maximum absolute atomic E-state index is 12.6. The highest BCUT2D eigenvalue weighted by Gasteiger charge is 2.55. The number of nitrogens with zero attached hydrogens (tertiary/aromatic N) is 1. The highest BCUT2D eigenvalue weighted by molar-refractivity contribution is 14.1. The van der Waals surface area contributed by atoms with E-state index in [2.05, 4.69) is 56.5 Å². The SMILES string of the molecule is COC(=O)[C@@H]1[C@@H](I)[C@H]2C[C@@H](O[Si](C)(C)C(C)(C)C)CN2C(=O)[C@@H]1Cl. The fourth-order valence-electron chi connectivity index (χ4n) is 3.16. The fourth-order valence-corrected chi connectivity index (χ4v) is 6.54. The molecule has 8 heteroatoms. The van der Waals surface area contributed by atoms with Gasteiger partial charge in [0, 0.05) is 16.5 Å². The zero-order valence-corrected chi connectivity index (χ0v) is 19.1. The first-order valence-corrected chi connectivity index (χ1v) is 12.8. The summed E-state index contributed by atoms with van der Waals surface area (Å²) in [4.78, 5) is 26.5. The van der Waals surface area contributed by atoms with Crippen molar-refractivity contribution in [3.05, 3.63) is 0 Å². The van der Waals surface area contributed by atoms with Crippen LogP contribution in [0.5, 0.6) is 0 Å². The molecule has 2 aliphatic heterocycles. The Hall–Kier alpha value is 0.137. The molecule has 2 heterocycles. The number of hydrogen-bond acceptors (Lipinski definition) is 4. The second-order valence-corrected chi connectivity index (χ2v) is 14.9. The van der Waals surface area contributed by atoms with Crippen molar-refractivity contribution in [2.75, 3.05) is 13.7 Å². The van der Waals surface area contributed by atoms with Crippen molar-refractivity contribution in [1.82, 2.24) is 4.90 Å². The summed E-state index contributed by atoms with van der Waals surface area (Å²) in [6.07, 6.45) is 0.764. The van der Waals surface area contributed by atoms with Crippen molar-refractivity contribution in [1.29, 1.82) is 0 Å². The summed E-state index contributed by atoms with van der Waals surface area (Å²) in [6, 6.07) is -0.0213. The van der Waals surface area contributed by atoms with Crippen molar-refractivity contribution >= 4 is 54.4 Å². The summed E-state index contributed by atoms with van der Waals surface area (Å²) in [6.45, 7) is 11.6. The van der Waals surface area contributed by atoms with Crippen LogP contribution in [0.15, 0.2) is 0 Å². The predicted octanol–water partition coefficient (Wildman–Crippen LogP) is 3.19. The highest BCUT2D eigenvalue weighted by Crippen LogP contribution is 2.43. The molecule has 0 aromatic rings. The van der Waals surface area contributed by atoms with Crippen LogP contribution in [0.3, 0.4) is 0 Å². The van der Waals surface area contributed by atoms with Gasteiger partial charge in [0.2, 0.25) is 5.91 Å². The average molecular weight is 488 g/mol. The smallest absolute Gasteiger partial charge is 0.311 e. The van der Waals surface area contributed by atoms with E-state index in [1.807, 2.05) is 4.90 Å². The van der Waals surface area contributed by atoms with Crippen LogP contribution in [0.2, 0.25) is 18.1 Å². The molecule has 0 radical (unpaired) electrons. The molecule has 138 valence electrons. The van der Waals surface area contributed by atoms with Crippen molar-refractivity contribution < 1.29 is 18.8 Å². The Morgan fingerprint density at radius 2 is 1.96 bits per heavy atom. The molecule has 0 aromatic heterocycles. The summed E-state index contributed by atoms with van der Waals surface area (Å²) in [7, 11) is -0.569. The topological polar surface area (TPSA) is 55.8 Å². The molecule has 5 nitrogen and oxygen atoms in total. The van der Waals surface area contributed by atoms with Crippen LogP contribution in [0.4, 0.5) is 0 Å². The van der Waals surface area contributed by atoms with Gasteiger partial charge in [0.25, 0.3) is 0 Å². The number of ether oxygens (including phenoxy) is 1. The first kappa shape index (κ1) is 20.4. The Kier molecular flexibility index (Phi) is 6.00. The van der Waals surface area contributed by atoms with Crippen LogP contribution in [0.25, 0.3) is 0 Å². The van der Waals surface area contributed by atoms with Crippen molar-refractivity contribution in [2.45, 2.75) is 66.8 Å². The minimum atomic E-state index is -1.91. The standard InChI is InChI=1S/C16H27ClINO4Si/c1-16(2,3)24(5,6)23-9-7-10-13(18)11(15(21)22-4)12(17)14(20)19(10)8-9/h9-13H,7-8H2,1-6H3/t9-,10-,11+,12-,13+/m1/s1. The highest BCUT2D eigenvalue weighted by atomic mass is 127. The Labute approximate surface area is 164 Å². The molecule has 0 N–H and O–H groups in total. The summed E-state index contributed by atoms with van der Waals surface area (Å²) in [5, 5.41) is -0.741. The first-order valence-electron chi connectivity index (χ1n) is 8.25. The van der Waals surface area contributed by atoms with Gasteiger partial charge in [-0.2, -0.15) is 0 Å². The maximum Gasteiger partial charge on any atom is 0.311 e. The number of fused-ring (bicyclic) bond motifs is 1. The van der Waals surface area contributed by atoms with Crippen LogP contribution in [-0.4, -0.2) is 60.2 Å². The number of carbonyl (C=O) groups is 2. The number of piperidine rings is 1. The van der Waals surface area contributed by atoms with E-state index in [9.17, 15) is 9.59 Å². The molecule has 5 atom stereocenters. The molecule has 24 heavy (non-hydrogen) atoms. The zero-order chi connectivity index (χ0) is 18.4. The normalized spacial score (nSPS) is 34.2. The third-order valence-electron chi connectivity index (χ3n) is 5.59. The molecule has 0 saturated carbocycles. The monoisotopic (exact) mass is 487 g/mol. The molecule has 0 spiro atoms. The Balaban J connectivity index is 2.17. The summed E-state index contributed by atoms with van der Waals surface area (Å²) >= 11 is 8.53. The molecule has 0 bridgehead atoms. The van der Waals surface area contributed by atoms with Crippen molar-refractivity contribution in [3.8, 4) is 0 Å². The van der Waals surface area contributed by atoms with E-state index in [0.29, 0.717) is 6.54 Å². The molecule has 2 saturated heterocycles. The van der Waals surface area contributed by atoms with Gasteiger partial charge in [0.05, 0.1) is 19.1 Å². The quantitative estimate of drug-likeness (QED) is 0.265. The summed E-state index contributed by atoms with van der Waals surface area (Å²) in [5.74, 6) is -1.18. The number of methoxy groups -OCH3 is 1. The van der Waals surface area contributed by atoms with Crippen LogP contribution < -0.4 is 0 Å². The number of halogens is 2. The molecule has 2 fully saturated rings. The second-order valence-electron chi connectivity index (χ2n) is 8.19. The number of alkyl halides is 2. The van der Waals surface area contributed by atoms with E-state index < -0.39 is 25.6 Å². The number of carbonyl (C=O) groups excluding carboxylic acids is 2. The number of hydrogen-bond donors (Lipinski definition) is 0. The maximum atomic E-state index is 12.6. The second kappa shape index (κ2) is 7.04. The first-order chi connectivity index (χ1) is 10.9. The van der Waals surface area contributed by atoms with E-state index in [0.717, 1.165) is 6.42 Å². The average Bonchev–Trinajstić information content (AvgIpc) is 2.87. The fraction of sp³-hybridized carbons (Fsp3) is 0.875. The number of rotatable bonds is 3. The lowest BCUT2D eigenvalue weighted by molar-refractivity contribution is -0.152. The van der Waals surface area contributed by atoms with E-state index >= 15 is 0 Å². The van der Waals surface area contributed by atoms with Crippen LogP contribution in [-0.2, 0) is 18.8 Å². The predicted molar refractivity (Wildman–Crippen MR) is 105 cm³/mol. The van der Waals surface area contributed by atoms with Crippen molar-refractivity contribution in [3.63, 3.8) is 0 Å². The molecule has 0 unspecified atom stereocenters. The van der Waals surface area contributed by atoms with Gasteiger partial charge in [0.15, 0.2) is 8.32 Å². The lowest BCUT2D eigenvalue weighted by Crippen LogP contribution is -2.57. The molecular weight excluding hydrogens is 461 g/mol. The minimum Gasteiger partial charge on any atom is -0.469 e. The van der Waals surface area contributed by atoms with Gasteiger partial charge in [0.1, 0.15) is 5.38 Å². The van der Waals surface area contributed by atoms with Gasteiger partial charge in [-0.1, -0.05) is 43.4 Å². The van der Waals surface area contributed by atoms with Crippen LogP contribution >= 0.6 is 34.2 Å². The van der Waals surface area contributed by atoms with E-state index in [1.54, 1.807) is 0 Å². The van der Waals surface area contributed by atoms with Gasteiger partial charge >= 0.3 is 5.97 Å². The van der Waals surface area contributed by atoms with Gasteiger partial charge in [-0.15, -0.1) is 11.6 Å². The largest absolute Gasteiger partial charge is 0.469 e. The lowest BCUT2D eigenvalue weighted by Gasteiger charge is -2.40. The molecule has 0 aliphatic carbocycles. The van der Waals surface area contributed by atoms with E-state index in [1.165, 1.54) is 7.11 Å². The Morgan fingerprint density at radius 3 is 2.46 bits per heavy atom. The number of amides is 1. The van der Waals surface area contributed by atoms with Crippen LogP contribution in [0.1, 0.15) is 27.2 Å². The van der Waals surface area contributed by atoms with Gasteiger partial charge in [-0.3, -0.25) is 9.59 Å². The molecule has 1 amide bonds. The molecule has 2 rings (SSSR count). The van der Waals surface area contributed by atoms with Gasteiger partial charge in [-0.05, 0) is 24.6 Å². The third-order valence-corrected chi connectivity index (χ3v) is 12.2. The third kappa shape index (κ3) is 3.64. The lowest BCUT2D eigenvalue weighted by atomic mass is 9.90. The van der Waals surface area contributed by atoms with E-state index in [-0.39, 0.29) is 27.0 Å². The van der Waals surface area contributed by atoms with Crippen LogP contribution in [0, 0.1) is 5.92 Å². The molecule has 2 aliphatic rings.